The van der Waals surface area contributed by atoms with Crippen molar-refractivity contribution in [3.05, 3.63) is 33.8 Å². The van der Waals surface area contributed by atoms with Crippen molar-refractivity contribution >= 4 is 15.9 Å². The van der Waals surface area contributed by atoms with Gasteiger partial charge in [0, 0.05) is 10.5 Å². The quantitative estimate of drug-likeness (QED) is 0.864. The normalized spacial score (nSPS) is 12.8. The summed E-state index contributed by atoms with van der Waals surface area (Å²) in [7, 11) is 0. The molecule has 84 valence electrons. The van der Waals surface area contributed by atoms with Gasteiger partial charge in [0.2, 0.25) is 0 Å². The molecule has 1 unspecified atom stereocenters. The summed E-state index contributed by atoms with van der Waals surface area (Å²) in [6.07, 6.45) is 4.52. The van der Waals surface area contributed by atoms with Gasteiger partial charge in [-0.25, -0.2) is 0 Å². The Hall–Kier alpha value is -0.340. The number of hydrogen-bond donors (Lipinski definition) is 1. The standard InChI is InChI=1S/C13H20BrN/c1-3-12(15)6-4-5-11-8-7-10(2)13(14)9-11/h7-9,12H,3-6,15H2,1-2H3. The smallest absolute Gasteiger partial charge is 0.0207 e. The molecule has 0 spiro atoms. The van der Waals surface area contributed by atoms with Crippen LogP contribution in [-0.2, 0) is 6.42 Å². The van der Waals surface area contributed by atoms with Crippen LogP contribution >= 0.6 is 15.9 Å². The van der Waals surface area contributed by atoms with E-state index in [-0.39, 0.29) is 0 Å². The van der Waals surface area contributed by atoms with Crippen LogP contribution in [0, 0.1) is 6.92 Å². The van der Waals surface area contributed by atoms with Gasteiger partial charge in [0.05, 0.1) is 0 Å². The fourth-order valence-electron chi connectivity index (χ4n) is 1.56. The van der Waals surface area contributed by atoms with Crippen LogP contribution in [0.15, 0.2) is 22.7 Å². The van der Waals surface area contributed by atoms with E-state index in [1.807, 2.05) is 0 Å². The molecule has 1 aromatic rings. The minimum absolute atomic E-state index is 0.374. The SMILES string of the molecule is CCC(N)CCCc1ccc(C)c(Br)c1. The molecule has 0 aliphatic heterocycles. The van der Waals surface area contributed by atoms with Crippen LogP contribution in [0.1, 0.15) is 37.3 Å². The van der Waals surface area contributed by atoms with Crippen molar-refractivity contribution < 1.29 is 0 Å². The number of halogens is 1. The summed E-state index contributed by atoms with van der Waals surface area (Å²) in [5.41, 5.74) is 8.58. The van der Waals surface area contributed by atoms with Gasteiger partial charge in [0.15, 0.2) is 0 Å². The van der Waals surface area contributed by atoms with E-state index in [9.17, 15) is 0 Å². The van der Waals surface area contributed by atoms with E-state index in [0.717, 1.165) is 19.3 Å². The third-order valence-electron chi connectivity index (χ3n) is 2.80. The highest BCUT2D eigenvalue weighted by atomic mass is 79.9. The first kappa shape index (κ1) is 12.7. The van der Waals surface area contributed by atoms with Crippen molar-refractivity contribution in [3.8, 4) is 0 Å². The molecule has 1 nitrogen and oxygen atoms in total. The Bertz CT molecular complexity index is 309. The van der Waals surface area contributed by atoms with Crippen molar-refractivity contribution in [2.75, 3.05) is 0 Å². The lowest BCUT2D eigenvalue weighted by Gasteiger charge is -2.08. The van der Waals surface area contributed by atoms with Gasteiger partial charge in [-0.05, 0) is 49.8 Å². The van der Waals surface area contributed by atoms with Crippen molar-refractivity contribution in [2.24, 2.45) is 5.73 Å². The fourth-order valence-corrected chi connectivity index (χ4v) is 1.99. The Morgan fingerprint density at radius 2 is 2.13 bits per heavy atom. The Morgan fingerprint density at radius 3 is 2.73 bits per heavy atom. The van der Waals surface area contributed by atoms with Crippen molar-refractivity contribution in [2.45, 2.75) is 45.6 Å². The average molecular weight is 270 g/mol. The summed E-state index contributed by atoms with van der Waals surface area (Å²) in [4.78, 5) is 0. The van der Waals surface area contributed by atoms with Gasteiger partial charge >= 0.3 is 0 Å². The molecular formula is C13H20BrN. The predicted molar refractivity (Wildman–Crippen MR) is 70.1 cm³/mol. The zero-order valence-corrected chi connectivity index (χ0v) is 11.2. The van der Waals surface area contributed by atoms with Crippen LogP contribution in [0.4, 0.5) is 0 Å². The Labute approximate surface area is 101 Å². The summed E-state index contributed by atoms with van der Waals surface area (Å²) < 4.78 is 1.21. The van der Waals surface area contributed by atoms with Crippen LogP contribution in [0.25, 0.3) is 0 Å². The lowest BCUT2D eigenvalue weighted by Crippen LogP contribution is -2.18. The van der Waals surface area contributed by atoms with E-state index >= 15 is 0 Å². The van der Waals surface area contributed by atoms with Crippen LogP contribution in [0.2, 0.25) is 0 Å². The maximum absolute atomic E-state index is 5.88. The summed E-state index contributed by atoms with van der Waals surface area (Å²) in [6, 6.07) is 6.96. The van der Waals surface area contributed by atoms with Crippen LogP contribution < -0.4 is 5.73 Å². The summed E-state index contributed by atoms with van der Waals surface area (Å²) >= 11 is 3.56. The fraction of sp³-hybridized carbons (Fsp3) is 0.538. The first-order chi connectivity index (χ1) is 7.13. The van der Waals surface area contributed by atoms with E-state index in [4.69, 9.17) is 5.73 Å². The van der Waals surface area contributed by atoms with Crippen LogP contribution in [0.3, 0.4) is 0 Å². The second kappa shape index (κ2) is 6.29. The van der Waals surface area contributed by atoms with Crippen LogP contribution in [-0.4, -0.2) is 6.04 Å². The molecule has 1 atom stereocenters. The summed E-state index contributed by atoms with van der Waals surface area (Å²) in [5.74, 6) is 0. The predicted octanol–water partition coefficient (Wildman–Crippen LogP) is 3.82. The lowest BCUT2D eigenvalue weighted by atomic mass is 10.0. The van der Waals surface area contributed by atoms with E-state index in [2.05, 4.69) is 48.0 Å². The van der Waals surface area contributed by atoms with Crippen LogP contribution in [0.5, 0.6) is 0 Å². The first-order valence-electron chi connectivity index (χ1n) is 5.64. The molecular weight excluding hydrogens is 250 g/mol. The highest BCUT2D eigenvalue weighted by Crippen LogP contribution is 2.18. The van der Waals surface area contributed by atoms with Gasteiger partial charge in [-0.15, -0.1) is 0 Å². The van der Waals surface area contributed by atoms with Gasteiger partial charge < -0.3 is 5.73 Å². The monoisotopic (exact) mass is 269 g/mol. The largest absolute Gasteiger partial charge is 0.328 e. The minimum Gasteiger partial charge on any atom is -0.328 e. The van der Waals surface area contributed by atoms with Crippen molar-refractivity contribution in [1.29, 1.82) is 0 Å². The molecule has 0 radical (unpaired) electrons. The lowest BCUT2D eigenvalue weighted by molar-refractivity contribution is 0.568. The summed E-state index contributed by atoms with van der Waals surface area (Å²) in [5, 5.41) is 0. The van der Waals surface area contributed by atoms with Crippen molar-refractivity contribution in [1.82, 2.24) is 0 Å². The molecule has 0 aromatic heterocycles. The van der Waals surface area contributed by atoms with Crippen molar-refractivity contribution in [3.63, 3.8) is 0 Å². The number of aryl methyl sites for hydroxylation is 2. The van der Waals surface area contributed by atoms with E-state index in [1.165, 1.54) is 22.0 Å². The van der Waals surface area contributed by atoms with E-state index < -0.39 is 0 Å². The second-order valence-electron chi connectivity index (χ2n) is 4.14. The van der Waals surface area contributed by atoms with E-state index in [0.29, 0.717) is 6.04 Å². The first-order valence-corrected chi connectivity index (χ1v) is 6.43. The van der Waals surface area contributed by atoms with Gasteiger partial charge in [-0.1, -0.05) is 35.0 Å². The molecule has 0 aliphatic rings. The second-order valence-corrected chi connectivity index (χ2v) is 5.00. The minimum atomic E-state index is 0.374. The maximum atomic E-state index is 5.88. The Kier molecular flexibility index (Phi) is 5.34. The van der Waals surface area contributed by atoms with Gasteiger partial charge in [0.25, 0.3) is 0 Å². The number of nitrogens with two attached hydrogens (primary N) is 1. The highest BCUT2D eigenvalue weighted by Gasteiger charge is 2.01. The van der Waals surface area contributed by atoms with Gasteiger partial charge in [-0.3, -0.25) is 0 Å². The molecule has 15 heavy (non-hydrogen) atoms. The molecule has 2 heteroatoms. The number of hydrogen-bond acceptors (Lipinski definition) is 1. The molecule has 0 heterocycles. The molecule has 1 aromatic carbocycles. The Balaban J connectivity index is 2.41. The molecule has 0 saturated carbocycles. The molecule has 0 fully saturated rings. The Morgan fingerprint density at radius 1 is 1.40 bits per heavy atom. The van der Waals surface area contributed by atoms with Gasteiger partial charge in [0.1, 0.15) is 0 Å². The molecule has 0 saturated heterocycles. The van der Waals surface area contributed by atoms with E-state index in [1.54, 1.807) is 0 Å². The topological polar surface area (TPSA) is 26.0 Å². The molecule has 2 N–H and O–H groups in total. The van der Waals surface area contributed by atoms with Gasteiger partial charge in [-0.2, -0.15) is 0 Å². The molecule has 1 rings (SSSR count). The third kappa shape index (κ3) is 4.35. The highest BCUT2D eigenvalue weighted by molar-refractivity contribution is 9.10. The summed E-state index contributed by atoms with van der Waals surface area (Å²) in [6.45, 7) is 4.26. The molecule has 0 bridgehead atoms. The zero-order chi connectivity index (χ0) is 11.3. The third-order valence-corrected chi connectivity index (χ3v) is 3.66. The zero-order valence-electron chi connectivity index (χ0n) is 9.59. The number of rotatable bonds is 5. The average Bonchev–Trinajstić information content (AvgIpc) is 2.23. The molecule has 0 aliphatic carbocycles. The number of benzene rings is 1. The molecule has 0 amide bonds. The maximum Gasteiger partial charge on any atom is 0.0207 e.